The lowest BCUT2D eigenvalue weighted by Crippen LogP contribution is -2.25. The minimum atomic E-state index is -0.217. The van der Waals surface area contributed by atoms with Crippen molar-refractivity contribution in [3.63, 3.8) is 0 Å². The Hall–Kier alpha value is -6.12. The molecule has 0 saturated carbocycles. The number of para-hydroxylation sites is 2. The quantitative estimate of drug-likeness (QED) is 0.167. The number of hydrogen-bond donors (Lipinski definition) is 0. The number of anilines is 5. The summed E-state index contributed by atoms with van der Waals surface area (Å²) in [6.07, 6.45) is 5.78. The lowest BCUT2D eigenvalue weighted by atomic mass is 9.67. The van der Waals surface area contributed by atoms with Crippen LogP contribution < -0.4 is 9.80 Å². The third-order valence-electron chi connectivity index (χ3n) is 13.2. The van der Waals surface area contributed by atoms with Crippen LogP contribution in [0.2, 0.25) is 0 Å². The van der Waals surface area contributed by atoms with Crippen molar-refractivity contribution in [1.82, 2.24) is 0 Å². The first-order valence-corrected chi connectivity index (χ1v) is 21.0. The van der Waals surface area contributed by atoms with Gasteiger partial charge in [-0.25, -0.2) is 0 Å². The first-order valence-electron chi connectivity index (χ1n) is 21.0. The lowest BCUT2D eigenvalue weighted by molar-refractivity contribution is 0.644. The van der Waals surface area contributed by atoms with Gasteiger partial charge >= 0.3 is 0 Å². The molecule has 0 heterocycles. The predicted octanol–water partition coefficient (Wildman–Crippen LogP) is 15.5. The molecule has 0 saturated heterocycles. The fourth-order valence-electron chi connectivity index (χ4n) is 10.6. The molecule has 0 aromatic heterocycles. The summed E-state index contributed by atoms with van der Waals surface area (Å²) in [7, 11) is 0. The Balaban J connectivity index is 1.15. The number of allylic oxidation sites excluding steroid dienone is 4. The molecule has 3 aliphatic carbocycles. The molecule has 286 valence electrons. The van der Waals surface area contributed by atoms with Gasteiger partial charge in [-0.15, -0.1) is 0 Å². The van der Waals surface area contributed by atoms with E-state index in [0.717, 1.165) is 12.1 Å². The normalized spacial score (nSPS) is 16.9. The average Bonchev–Trinajstić information content (AvgIpc) is 3.42. The third-order valence-corrected chi connectivity index (χ3v) is 13.2. The second kappa shape index (κ2) is 13.2. The lowest BCUT2D eigenvalue weighted by Gasteiger charge is -2.37. The molecule has 2 nitrogen and oxygen atoms in total. The molecule has 0 N–H and O–H groups in total. The van der Waals surface area contributed by atoms with E-state index in [1.165, 1.54) is 100 Å². The SMILES string of the molecule is CC1=CC(C)CC(N(c2ccccc2)c2ccc3c(c2)C(C)(C)c2cc4c5c(cccc5c2-3)C(C)(C)c2cc(N(c3ccccc3)c3cc(C)cc(C)c3)ccc2-4)=C1. The van der Waals surface area contributed by atoms with Crippen molar-refractivity contribution in [2.45, 2.75) is 72.6 Å². The van der Waals surface area contributed by atoms with Crippen molar-refractivity contribution >= 4 is 39.2 Å². The number of fused-ring (bicyclic) bond motifs is 6. The first kappa shape index (κ1) is 36.2. The zero-order valence-corrected chi connectivity index (χ0v) is 35.1. The third kappa shape index (κ3) is 5.60. The Morgan fingerprint density at radius 1 is 0.483 bits per heavy atom. The fourth-order valence-corrected chi connectivity index (χ4v) is 10.6. The zero-order chi connectivity index (χ0) is 40.1. The topological polar surface area (TPSA) is 6.48 Å². The minimum absolute atomic E-state index is 0.200. The largest absolute Gasteiger partial charge is 0.314 e. The van der Waals surface area contributed by atoms with Crippen LogP contribution in [0.15, 0.2) is 163 Å². The Morgan fingerprint density at radius 3 is 1.72 bits per heavy atom. The monoisotopic (exact) mass is 752 g/mol. The number of nitrogens with zero attached hydrogens (tertiary/aromatic N) is 2. The van der Waals surface area contributed by atoms with Crippen molar-refractivity contribution in [2.75, 3.05) is 9.80 Å². The van der Waals surface area contributed by atoms with Gasteiger partial charge in [-0.05, 0) is 172 Å². The van der Waals surface area contributed by atoms with Gasteiger partial charge in [-0.3, -0.25) is 0 Å². The standard InChI is InChI=1S/C56H52N2/c1-35-26-36(2)29-43(28-35)57(39-16-11-9-12-17-39)41-22-24-45-48-34-52-53(47-20-15-21-49(54(47)48)55(5,6)50(45)32-41)46-25-23-42(33-51(46)56(52,7)8)58(40-18-13-10-14-19-40)44-30-37(3)27-38(4)31-44/h9-30,32-34,38H,31H2,1-8H3. The van der Waals surface area contributed by atoms with Crippen LogP contribution in [0.4, 0.5) is 28.4 Å². The molecule has 0 spiro atoms. The van der Waals surface area contributed by atoms with Crippen LogP contribution >= 0.6 is 0 Å². The Kier molecular flexibility index (Phi) is 8.26. The highest BCUT2D eigenvalue weighted by Crippen LogP contribution is 2.58. The van der Waals surface area contributed by atoms with Gasteiger partial charge in [-0.1, -0.05) is 119 Å². The molecule has 0 aliphatic heterocycles. The van der Waals surface area contributed by atoms with Crippen LogP contribution in [0.3, 0.4) is 0 Å². The van der Waals surface area contributed by atoms with Gasteiger partial charge in [0, 0.05) is 45.0 Å². The maximum absolute atomic E-state index is 2.56. The average molecular weight is 753 g/mol. The molecular formula is C56H52N2. The minimum Gasteiger partial charge on any atom is -0.314 e. The molecule has 7 aromatic carbocycles. The van der Waals surface area contributed by atoms with Gasteiger partial charge in [0.15, 0.2) is 0 Å². The molecular weight excluding hydrogens is 701 g/mol. The maximum atomic E-state index is 2.56. The van der Waals surface area contributed by atoms with E-state index in [9.17, 15) is 0 Å². The summed E-state index contributed by atoms with van der Waals surface area (Å²) in [6, 6.07) is 52.7. The summed E-state index contributed by atoms with van der Waals surface area (Å²) in [6.45, 7) is 18.7. The highest BCUT2D eigenvalue weighted by Gasteiger charge is 2.41. The molecule has 7 aromatic rings. The first-order chi connectivity index (χ1) is 27.9. The van der Waals surface area contributed by atoms with E-state index in [1.807, 2.05) is 0 Å². The molecule has 1 unspecified atom stereocenters. The van der Waals surface area contributed by atoms with Gasteiger partial charge in [0.05, 0.1) is 0 Å². The number of benzene rings is 7. The summed E-state index contributed by atoms with van der Waals surface area (Å²) < 4.78 is 0. The van der Waals surface area contributed by atoms with Gasteiger partial charge in [0.25, 0.3) is 0 Å². The van der Waals surface area contributed by atoms with Crippen LogP contribution in [0.5, 0.6) is 0 Å². The molecule has 3 aliphatic rings. The van der Waals surface area contributed by atoms with E-state index >= 15 is 0 Å². The zero-order valence-electron chi connectivity index (χ0n) is 35.1. The molecule has 2 heteroatoms. The summed E-state index contributed by atoms with van der Waals surface area (Å²) in [5.74, 6) is 0.492. The van der Waals surface area contributed by atoms with Crippen molar-refractivity contribution in [1.29, 1.82) is 0 Å². The van der Waals surface area contributed by atoms with E-state index in [1.54, 1.807) is 0 Å². The predicted molar refractivity (Wildman–Crippen MR) is 247 cm³/mol. The summed E-state index contributed by atoms with van der Waals surface area (Å²) in [4.78, 5) is 4.92. The Bertz CT molecular complexity index is 2830. The van der Waals surface area contributed by atoms with Crippen molar-refractivity contribution < 1.29 is 0 Å². The van der Waals surface area contributed by atoms with E-state index < -0.39 is 0 Å². The van der Waals surface area contributed by atoms with E-state index in [4.69, 9.17) is 0 Å². The van der Waals surface area contributed by atoms with Crippen molar-refractivity contribution in [2.24, 2.45) is 5.92 Å². The van der Waals surface area contributed by atoms with Crippen molar-refractivity contribution in [3.8, 4) is 22.3 Å². The molecule has 10 rings (SSSR count). The van der Waals surface area contributed by atoms with Crippen LogP contribution in [-0.2, 0) is 10.8 Å². The molecule has 58 heavy (non-hydrogen) atoms. The summed E-state index contributed by atoms with van der Waals surface area (Å²) >= 11 is 0. The van der Waals surface area contributed by atoms with Gasteiger partial charge in [-0.2, -0.15) is 0 Å². The van der Waals surface area contributed by atoms with E-state index in [0.29, 0.717) is 5.92 Å². The number of hydrogen-bond acceptors (Lipinski definition) is 2. The van der Waals surface area contributed by atoms with Crippen LogP contribution in [0.1, 0.15) is 81.3 Å². The summed E-state index contributed by atoms with van der Waals surface area (Å²) in [5.41, 5.74) is 21.7. The second-order valence-electron chi connectivity index (χ2n) is 18.2. The molecule has 0 radical (unpaired) electrons. The number of aryl methyl sites for hydroxylation is 2. The fraction of sp³-hybridized carbons (Fsp3) is 0.214. The summed E-state index contributed by atoms with van der Waals surface area (Å²) in [5, 5.41) is 2.75. The van der Waals surface area contributed by atoms with Gasteiger partial charge in [0.1, 0.15) is 0 Å². The molecule has 0 fully saturated rings. The Morgan fingerprint density at radius 2 is 1.07 bits per heavy atom. The maximum Gasteiger partial charge on any atom is 0.0466 e. The van der Waals surface area contributed by atoms with Crippen LogP contribution in [0, 0.1) is 19.8 Å². The van der Waals surface area contributed by atoms with Gasteiger partial charge < -0.3 is 9.80 Å². The van der Waals surface area contributed by atoms with E-state index in [2.05, 4.69) is 217 Å². The Labute approximate surface area is 344 Å². The van der Waals surface area contributed by atoms with E-state index in [-0.39, 0.29) is 10.8 Å². The highest BCUT2D eigenvalue weighted by atomic mass is 15.2. The second-order valence-corrected chi connectivity index (χ2v) is 18.2. The van der Waals surface area contributed by atoms with Crippen molar-refractivity contribution in [3.05, 3.63) is 196 Å². The molecule has 1 atom stereocenters. The number of rotatable bonds is 6. The van der Waals surface area contributed by atoms with Gasteiger partial charge in [0.2, 0.25) is 0 Å². The molecule has 0 bridgehead atoms. The van der Waals surface area contributed by atoms with Crippen LogP contribution in [0.25, 0.3) is 33.0 Å². The molecule has 0 amide bonds. The van der Waals surface area contributed by atoms with Crippen LogP contribution in [-0.4, -0.2) is 0 Å². The smallest absolute Gasteiger partial charge is 0.0466 e. The highest BCUT2D eigenvalue weighted by molar-refractivity contribution is 6.12.